The smallest absolute Gasteiger partial charge is 0.323 e. The summed E-state index contributed by atoms with van der Waals surface area (Å²) in [5.41, 5.74) is 2.30. The molecule has 116 valence electrons. The minimum atomic E-state index is -1.02. The van der Waals surface area contributed by atoms with Gasteiger partial charge in [-0.3, -0.25) is 9.59 Å². The molecule has 0 radical (unpaired) electrons. The maximum atomic E-state index is 12.1. The Morgan fingerprint density at radius 2 is 2.05 bits per heavy atom. The fraction of sp³-hybridized carbons (Fsp3) is 0.467. The first-order valence-corrected chi connectivity index (χ1v) is 7.61. The van der Waals surface area contributed by atoms with Crippen molar-refractivity contribution in [3.05, 3.63) is 29.3 Å². The highest BCUT2D eigenvalue weighted by Crippen LogP contribution is 2.23. The first kappa shape index (κ1) is 17.5. The van der Waals surface area contributed by atoms with E-state index >= 15 is 0 Å². The van der Waals surface area contributed by atoms with Gasteiger partial charge in [0, 0.05) is 18.6 Å². The van der Waals surface area contributed by atoms with Crippen LogP contribution in [0.3, 0.4) is 0 Å². The zero-order chi connectivity index (χ0) is 15.8. The van der Waals surface area contributed by atoms with Crippen molar-refractivity contribution in [1.29, 1.82) is 0 Å². The van der Waals surface area contributed by atoms with E-state index in [2.05, 4.69) is 6.07 Å². The molecule has 0 fully saturated rings. The number of hydrogen-bond acceptors (Lipinski definition) is 4. The number of hydrogen-bond donors (Lipinski definition) is 1. The van der Waals surface area contributed by atoms with Crippen molar-refractivity contribution >= 4 is 23.6 Å². The number of aliphatic carboxylic acids is 1. The first-order valence-electron chi connectivity index (χ1n) is 6.62. The van der Waals surface area contributed by atoms with E-state index in [1.54, 1.807) is 0 Å². The van der Waals surface area contributed by atoms with Crippen LogP contribution in [0.2, 0.25) is 0 Å². The van der Waals surface area contributed by atoms with Gasteiger partial charge in [0.05, 0.1) is 12.4 Å². The second-order valence-electron chi connectivity index (χ2n) is 4.76. The van der Waals surface area contributed by atoms with Crippen LogP contribution in [-0.4, -0.2) is 54.4 Å². The van der Waals surface area contributed by atoms with Gasteiger partial charge >= 0.3 is 5.97 Å². The summed E-state index contributed by atoms with van der Waals surface area (Å²) in [5, 5.41) is 8.85. The SMILES string of the molecule is COCCN(CC(=O)O)C(=O)CSc1ccc(C)cc1C. The number of amides is 1. The average molecular weight is 311 g/mol. The largest absolute Gasteiger partial charge is 0.480 e. The number of carbonyl (C=O) groups is 2. The fourth-order valence-electron chi connectivity index (χ4n) is 1.85. The molecule has 0 aliphatic rings. The van der Waals surface area contributed by atoms with Gasteiger partial charge in [0.1, 0.15) is 6.54 Å². The van der Waals surface area contributed by atoms with Crippen molar-refractivity contribution < 1.29 is 19.4 Å². The van der Waals surface area contributed by atoms with Crippen LogP contribution < -0.4 is 0 Å². The molecule has 1 amide bonds. The summed E-state index contributed by atoms with van der Waals surface area (Å²) < 4.78 is 4.91. The third-order valence-corrected chi connectivity index (χ3v) is 4.09. The summed E-state index contributed by atoms with van der Waals surface area (Å²) in [5.74, 6) is -0.989. The van der Waals surface area contributed by atoms with Gasteiger partial charge in [0.25, 0.3) is 0 Å². The Bertz CT molecular complexity index is 504. The van der Waals surface area contributed by atoms with Crippen molar-refractivity contribution in [2.24, 2.45) is 0 Å². The third-order valence-electron chi connectivity index (χ3n) is 2.93. The highest BCUT2D eigenvalue weighted by Gasteiger charge is 2.17. The topological polar surface area (TPSA) is 66.8 Å². The fourth-order valence-corrected chi connectivity index (χ4v) is 2.76. The highest BCUT2D eigenvalue weighted by atomic mass is 32.2. The van der Waals surface area contributed by atoms with Crippen LogP contribution in [0.25, 0.3) is 0 Å². The Labute approximate surface area is 129 Å². The molecule has 0 aromatic heterocycles. The number of carbonyl (C=O) groups excluding carboxylic acids is 1. The van der Waals surface area contributed by atoms with Gasteiger partial charge < -0.3 is 14.7 Å². The van der Waals surface area contributed by atoms with Crippen molar-refractivity contribution in [2.75, 3.05) is 32.6 Å². The van der Waals surface area contributed by atoms with E-state index in [-0.39, 0.29) is 24.7 Å². The molecule has 1 rings (SSSR count). The maximum absolute atomic E-state index is 12.1. The number of carboxylic acids is 1. The molecule has 0 aliphatic heterocycles. The first-order chi connectivity index (χ1) is 9.93. The van der Waals surface area contributed by atoms with Crippen molar-refractivity contribution in [3.8, 4) is 0 Å². The molecule has 1 aromatic rings. The molecular formula is C15H21NO4S. The van der Waals surface area contributed by atoms with Crippen LogP contribution in [0.15, 0.2) is 23.1 Å². The van der Waals surface area contributed by atoms with Crippen LogP contribution in [0.5, 0.6) is 0 Å². The minimum absolute atomic E-state index is 0.195. The second-order valence-corrected chi connectivity index (χ2v) is 5.78. The van der Waals surface area contributed by atoms with Gasteiger partial charge in [-0.05, 0) is 25.5 Å². The number of methoxy groups -OCH3 is 1. The molecule has 21 heavy (non-hydrogen) atoms. The van der Waals surface area contributed by atoms with Gasteiger partial charge in [0.2, 0.25) is 5.91 Å². The Balaban J connectivity index is 2.61. The van der Waals surface area contributed by atoms with Gasteiger partial charge in [0.15, 0.2) is 0 Å². The van der Waals surface area contributed by atoms with Gasteiger partial charge in [-0.1, -0.05) is 17.7 Å². The predicted octanol–water partition coefficient (Wildman–Crippen LogP) is 1.96. The molecule has 0 atom stereocenters. The number of carboxylic acid groups (broad SMARTS) is 1. The minimum Gasteiger partial charge on any atom is -0.480 e. The lowest BCUT2D eigenvalue weighted by molar-refractivity contribution is -0.143. The molecule has 6 heteroatoms. The van der Waals surface area contributed by atoms with E-state index in [9.17, 15) is 9.59 Å². The summed E-state index contributed by atoms with van der Waals surface area (Å²) in [6, 6.07) is 6.05. The summed E-state index contributed by atoms with van der Waals surface area (Å²) >= 11 is 1.43. The van der Waals surface area contributed by atoms with Crippen LogP contribution in [0, 0.1) is 13.8 Å². The van der Waals surface area contributed by atoms with Gasteiger partial charge in [-0.2, -0.15) is 0 Å². The standard InChI is InChI=1S/C15H21NO4S/c1-11-4-5-13(12(2)8-11)21-10-14(17)16(6-7-20-3)9-15(18)19/h4-5,8H,6-7,9-10H2,1-3H3,(H,18,19). The van der Waals surface area contributed by atoms with E-state index in [1.807, 2.05) is 26.0 Å². The molecule has 0 saturated heterocycles. The predicted molar refractivity (Wildman–Crippen MR) is 82.7 cm³/mol. The quantitative estimate of drug-likeness (QED) is 0.743. The van der Waals surface area contributed by atoms with E-state index in [4.69, 9.17) is 9.84 Å². The third kappa shape index (κ3) is 6.18. The monoisotopic (exact) mass is 311 g/mol. The van der Waals surface area contributed by atoms with Crippen LogP contribution in [0.1, 0.15) is 11.1 Å². The maximum Gasteiger partial charge on any atom is 0.323 e. The second kappa shape index (κ2) is 8.69. The molecule has 0 unspecified atom stereocenters. The molecule has 0 saturated carbocycles. The number of aryl methyl sites for hydroxylation is 2. The molecule has 0 aliphatic carbocycles. The number of benzene rings is 1. The Kier molecular flexibility index (Phi) is 7.25. The normalized spacial score (nSPS) is 10.4. The van der Waals surface area contributed by atoms with Crippen molar-refractivity contribution in [3.63, 3.8) is 0 Å². The zero-order valence-electron chi connectivity index (χ0n) is 12.6. The van der Waals surface area contributed by atoms with Crippen LogP contribution in [-0.2, 0) is 14.3 Å². The Hall–Kier alpha value is -1.53. The lowest BCUT2D eigenvalue weighted by Crippen LogP contribution is -2.39. The number of nitrogens with zero attached hydrogens (tertiary/aromatic N) is 1. The Morgan fingerprint density at radius 1 is 1.33 bits per heavy atom. The molecule has 0 bridgehead atoms. The summed E-state index contributed by atoms with van der Waals surface area (Å²) in [4.78, 5) is 25.3. The van der Waals surface area contributed by atoms with E-state index in [0.717, 1.165) is 10.5 Å². The zero-order valence-corrected chi connectivity index (χ0v) is 13.4. The number of ether oxygens (including phenoxy) is 1. The molecule has 5 nitrogen and oxygen atoms in total. The number of thioether (sulfide) groups is 1. The molecule has 1 N–H and O–H groups in total. The van der Waals surface area contributed by atoms with Gasteiger partial charge in [-0.25, -0.2) is 0 Å². The van der Waals surface area contributed by atoms with E-state index in [0.29, 0.717) is 6.61 Å². The molecule has 1 aromatic carbocycles. The molecule has 0 heterocycles. The van der Waals surface area contributed by atoms with E-state index < -0.39 is 5.97 Å². The van der Waals surface area contributed by atoms with Crippen LogP contribution >= 0.6 is 11.8 Å². The average Bonchev–Trinajstić information content (AvgIpc) is 2.41. The summed E-state index contributed by atoms with van der Waals surface area (Å²) in [6.45, 7) is 4.34. The van der Waals surface area contributed by atoms with Crippen molar-refractivity contribution in [1.82, 2.24) is 4.90 Å². The van der Waals surface area contributed by atoms with Crippen molar-refractivity contribution in [2.45, 2.75) is 18.7 Å². The summed E-state index contributed by atoms with van der Waals surface area (Å²) in [7, 11) is 1.52. The highest BCUT2D eigenvalue weighted by molar-refractivity contribution is 8.00. The molecular weight excluding hydrogens is 290 g/mol. The Morgan fingerprint density at radius 3 is 2.62 bits per heavy atom. The van der Waals surface area contributed by atoms with Gasteiger partial charge in [-0.15, -0.1) is 11.8 Å². The van der Waals surface area contributed by atoms with E-state index in [1.165, 1.54) is 29.3 Å². The van der Waals surface area contributed by atoms with Crippen LogP contribution in [0.4, 0.5) is 0 Å². The lowest BCUT2D eigenvalue weighted by Gasteiger charge is -2.20. The summed E-state index contributed by atoms with van der Waals surface area (Å²) in [6.07, 6.45) is 0. The molecule has 0 spiro atoms. The number of rotatable bonds is 8. The lowest BCUT2D eigenvalue weighted by atomic mass is 10.2.